The Morgan fingerprint density at radius 1 is 0.792 bits per heavy atom. The summed E-state index contributed by atoms with van der Waals surface area (Å²) in [6, 6.07) is 10.9. The third kappa shape index (κ3) is 13.7. The number of ketones is 1. The number of aliphatic carboxylic acids is 1. The Bertz CT molecular complexity index is 1490. The van der Waals surface area contributed by atoms with Gasteiger partial charge in [0, 0.05) is 22.4 Å². The number of hydrogen-bond acceptors (Lipinski definition) is 10. The van der Waals surface area contributed by atoms with Crippen molar-refractivity contribution in [1.29, 1.82) is 0 Å². The summed E-state index contributed by atoms with van der Waals surface area (Å²) in [6.07, 6.45) is -0.113. The van der Waals surface area contributed by atoms with Gasteiger partial charge in [0.2, 0.25) is 0 Å². The average molecular weight is 688 g/mol. The molecule has 0 aliphatic rings. The lowest BCUT2D eigenvalue weighted by molar-refractivity contribution is -0.169. The van der Waals surface area contributed by atoms with Gasteiger partial charge in [0.05, 0.1) is 5.60 Å². The summed E-state index contributed by atoms with van der Waals surface area (Å²) in [7, 11) is 0. The molecule has 0 radical (unpaired) electrons. The van der Waals surface area contributed by atoms with E-state index in [1.54, 1.807) is 68.6 Å². The quantitative estimate of drug-likeness (QED) is 0.120. The molecule has 2 N–H and O–H groups in total. The Morgan fingerprint density at radius 2 is 1.31 bits per heavy atom. The van der Waals surface area contributed by atoms with E-state index in [1.165, 1.54) is 60.3 Å². The van der Waals surface area contributed by atoms with E-state index in [0.717, 1.165) is 5.06 Å². The Balaban J connectivity index is 2.42. The van der Waals surface area contributed by atoms with Crippen LogP contribution in [0.4, 0.5) is 9.59 Å². The van der Waals surface area contributed by atoms with Crippen molar-refractivity contribution >= 4 is 47.4 Å². The van der Waals surface area contributed by atoms with Gasteiger partial charge in [-0.1, -0.05) is 12.1 Å². The number of amides is 3. The van der Waals surface area contributed by atoms with Crippen LogP contribution in [0.25, 0.3) is 0 Å². The summed E-state index contributed by atoms with van der Waals surface area (Å²) in [5, 5.41) is 12.3. The first-order valence-electron chi connectivity index (χ1n) is 15.0. The normalized spacial score (nSPS) is 12.8. The van der Waals surface area contributed by atoms with Crippen LogP contribution < -0.4 is 10.1 Å². The number of carboxylic acid groups (broad SMARTS) is 1. The number of hydroxylamine groups is 2. The zero-order valence-electron chi connectivity index (χ0n) is 29.0. The van der Waals surface area contributed by atoms with Gasteiger partial charge in [-0.05, 0) is 105 Å². The number of carbonyl (C=O) groups is 5. The van der Waals surface area contributed by atoms with Gasteiger partial charge >= 0.3 is 18.2 Å². The number of rotatable bonds is 11. The number of nitrogens with zero attached hydrogens (tertiary/aromatic N) is 2. The first-order valence-corrected chi connectivity index (χ1v) is 16.4. The molecule has 0 fully saturated rings. The molecule has 0 saturated carbocycles. The second-order valence-electron chi connectivity index (χ2n) is 13.5. The number of carboxylic acids is 1. The van der Waals surface area contributed by atoms with Crippen molar-refractivity contribution in [3.63, 3.8) is 0 Å². The number of Topliss-reactive ketones (excluding diaryl/α,β-unsaturated/α-hetero) is 1. The lowest BCUT2D eigenvalue weighted by Gasteiger charge is -2.32. The van der Waals surface area contributed by atoms with Crippen molar-refractivity contribution in [2.45, 2.75) is 85.2 Å². The summed E-state index contributed by atoms with van der Waals surface area (Å²) < 4.78 is 16.0. The molecular formula is C34H45N3O10S. The minimum Gasteiger partial charge on any atom is -0.482 e. The summed E-state index contributed by atoms with van der Waals surface area (Å²) in [5.74, 6) is -1.69. The minimum absolute atomic E-state index is 0.187. The maximum absolute atomic E-state index is 13.4. The third-order valence-electron chi connectivity index (χ3n) is 5.57. The fraction of sp³-hybridized carbons (Fsp3) is 0.471. The lowest BCUT2D eigenvalue weighted by atomic mass is 10.0. The Kier molecular flexibility index (Phi) is 13.7. The van der Waals surface area contributed by atoms with Crippen molar-refractivity contribution in [2.24, 2.45) is 4.99 Å². The highest BCUT2D eigenvalue weighted by Crippen LogP contribution is 2.21. The van der Waals surface area contributed by atoms with Gasteiger partial charge in [-0.3, -0.25) is 14.4 Å². The number of carbonyl (C=O) groups excluding carboxylic acids is 4. The second kappa shape index (κ2) is 16.6. The van der Waals surface area contributed by atoms with Gasteiger partial charge in [0.1, 0.15) is 23.0 Å². The summed E-state index contributed by atoms with van der Waals surface area (Å²) in [4.78, 5) is 73.5. The molecule has 0 bridgehead atoms. The van der Waals surface area contributed by atoms with Crippen LogP contribution in [0.5, 0.6) is 5.75 Å². The largest absolute Gasteiger partial charge is 0.482 e. The predicted molar refractivity (Wildman–Crippen MR) is 182 cm³/mol. The zero-order chi connectivity index (χ0) is 36.4. The Labute approximate surface area is 285 Å². The topological polar surface area (TPSA) is 170 Å². The van der Waals surface area contributed by atoms with E-state index in [2.05, 4.69) is 10.3 Å². The van der Waals surface area contributed by atoms with E-state index in [-0.39, 0.29) is 34.2 Å². The van der Waals surface area contributed by atoms with Crippen molar-refractivity contribution in [1.82, 2.24) is 10.4 Å². The lowest BCUT2D eigenvalue weighted by Crippen LogP contribution is -2.46. The first-order chi connectivity index (χ1) is 22.1. The molecule has 14 heteroatoms. The summed E-state index contributed by atoms with van der Waals surface area (Å²) >= 11 is 1.37. The number of ether oxygens (including phenoxy) is 3. The SMILES string of the molecule is CSCC(NC(=O)c1ccc(C(=NC(=O)OC(C)(C)C)N(OC(C)(C)C)C(=O)OC(C)(C)C)cc1)C(=O)c1ccc(OCC(=O)O)cc1. The maximum atomic E-state index is 13.4. The van der Waals surface area contributed by atoms with Crippen LogP contribution in [-0.2, 0) is 19.1 Å². The molecule has 2 aromatic rings. The van der Waals surface area contributed by atoms with Crippen LogP contribution in [0.1, 0.15) is 88.6 Å². The molecule has 0 aliphatic heterocycles. The Hall–Kier alpha value is -4.43. The summed E-state index contributed by atoms with van der Waals surface area (Å²) in [5.41, 5.74) is -1.99. The second-order valence-corrected chi connectivity index (χ2v) is 14.4. The van der Waals surface area contributed by atoms with Gasteiger partial charge in [0.25, 0.3) is 5.91 Å². The van der Waals surface area contributed by atoms with E-state index < -0.39 is 53.5 Å². The highest BCUT2D eigenvalue weighted by molar-refractivity contribution is 7.98. The fourth-order valence-electron chi connectivity index (χ4n) is 3.77. The average Bonchev–Trinajstić information content (AvgIpc) is 2.95. The molecule has 1 atom stereocenters. The Morgan fingerprint density at radius 3 is 1.79 bits per heavy atom. The molecule has 262 valence electrons. The predicted octanol–water partition coefficient (Wildman–Crippen LogP) is 6.14. The molecule has 0 saturated heterocycles. The summed E-state index contributed by atoms with van der Waals surface area (Å²) in [6.45, 7) is 14.7. The molecule has 13 nitrogen and oxygen atoms in total. The van der Waals surface area contributed by atoms with E-state index >= 15 is 0 Å². The maximum Gasteiger partial charge on any atom is 0.440 e. The monoisotopic (exact) mass is 687 g/mol. The van der Waals surface area contributed by atoms with Gasteiger partial charge < -0.3 is 24.6 Å². The number of nitrogens with one attached hydrogen (secondary N) is 1. The fourth-order valence-corrected chi connectivity index (χ4v) is 4.33. The smallest absolute Gasteiger partial charge is 0.440 e. The van der Waals surface area contributed by atoms with Crippen molar-refractivity contribution < 1.29 is 48.1 Å². The number of benzene rings is 2. The van der Waals surface area contributed by atoms with Crippen molar-refractivity contribution in [3.05, 3.63) is 65.2 Å². The molecule has 0 aliphatic carbocycles. The number of hydrogen-bond donors (Lipinski definition) is 2. The van der Waals surface area contributed by atoms with E-state index in [0.29, 0.717) is 5.56 Å². The number of amidine groups is 1. The molecule has 48 heavy (non-hydrogen) atoms. The van der Waals surface area contributed by atoms with Gasteiger partial charge in [-0.2, -0.15) is 16.8 Å². The number of thioether (sulfide) groups is 1. The van der Waals surface area contributed by atoms with Gasteiger partial charge in [0.15, 0.2) is 18.2 Å². The van der Waals surface area contributed by atoms with Gasteiger partial charge in [-0.15, -0.1) is 5.06 Å². The molecule has 2 aromatic carbocycles. The van der Waals surface area contributed by atoms with Crippen LogP contribution in [-0.4, -0.2) is 87.3 Å². The van der Waals surface area contributed by atoms with Gasteiger partial charge in [-0.25, -0.2) is 14.4 Å². The molecule has 0 spiro atoms. The van der Waals surface area contributed by atoms with E-state index in [4.69, 9.17) is 24.2 Å². The standard InChI is InChI=1S/C34H45N3O10S/c1-32(2,3)45-30(42)36-28(37(47-34(7,8)9)31(43)46-33(4,5)6)22-11-13-23(14-12-22)29(41)35-25(20-48-10)27(40)21-15-17-24(18-16-21)44-19-26(38)39/h11-18,25H,19-20H2,1-10H3,(H,35,41)(H,38,39). The van der Waals surface area contributed by atoms with Crippen LogP contribution >= 0.6 is 11.8 Å². The molecule has 3 amide bonds. The first kappa shape index (κ1) is 39.7. The molecule has 0 heterocycles. The molecule has 0 aromatic heterocycles. The number of aliphatic imine (C=N–C) groups is 1. The van der Waals surface area contributed by atoms with E-state index in [1.807, 2.05) is 0 Å². The van der Waals surface area contributed by atoms with Crippen LogP contribution in [0.15, 0.2) is 53.5 Å². The van der Waals surface area contributed by atoms with Crippen molar-refractivity contribution in [3.8, 4) is 5.75 Å². The minimum atomic E-state index is -1.13. The van der Waals surface area contributed by atoms with Crippen LogP contribution in [0.2, 0.25) is 0 Å². The highest BCUT2D eigenvalue weighted by Gasteiger charge is 2.33. The van der Waals surface area contributed by atoms with Crippen LogP contribution in [0.3, 0.4) is 0 Å². The van der Waals surface area contributed by atoms with Crippen molar-refractivity contribution in [2.75, 3.05) is 18.6 Å². The third-order valence-corrected chi connectivity index (χ3v) is 6.24. The molecule has 2 rings (SSSR count). The zero-order valence-corrected chi connectivity index (χ0v) is 29.9. The van der Waals surface area contributed by atoms with Crippen LogP contribution in [0, 0.1) is 0 Å². The molecular weight excluding hydrogens is 642 g/mol. The molecule has 1 unspecified atom stereocenters. The highest BCUT2D eigenvalue weighted by atomic mass is 32.2. The van der Waals surface area contributed by atoms with E-state index in [9.17, 15) is 24.0 Å².